The van der Waals surface area contributed by atoms with Crippen LogP contribution in [0.25, 0.3) is 0 Å². The van der Waals surface area contributed by atoms with E-state index >= 15 is 0 Å². The van der Waals surface area contributed by atoms with E-state index in [0.717, 1.165) is 6.26 Å². The Morgan fingerprint density at radius 2 is 1.79 bits per heavy atom. The first-order valence-corrected chi connectivity index (χ1v) is 10.2. The average molecular weight is 427 g/mol. The van der Waals surface area contributed by atoms with Gasteiger partial charge in [0, 0.05) is 11.3 Å². The third-order valence-electron chi connectivity index (χ3n) is 3.67. The van der Waals surface area contributed by atoms with Crippen LogP contribution in [0.15, 0.2) is 41.3 Å². The molecule has 1 amide bonds. The third kappa shape index (κ3) is 5.14. The number of halogens is 1. The van der Waals surface area contributed by atoms with Gasteiger partial charge in [0.05, 0.1) is 37.7 Å². The summed E-state index contributed by atoms with van der Waals surface area (Å²) in [6.07, 6.45) is 1.03. The van der Waals surface area contributed by atoms with Crippen LogP contribution in [0.5, 0.6) is 5.75 Å². The zero-order valence-corrected chi connectivity index (χ0v) is 17.0. The Morgan fingerprint density at radius 3 is 2.39 bits per heavy atom. The van der Waals surface area contributed by atoms with E-state index in [-0.39, 0.29) is 39.2 Å². The van der Waals surface area contributed by atoms with Gasteiger partial charge in [-0.3, -0.25) is 4.79 Å². The fourth-order valence-electron chi connectivity index (χ4n) is 2.44. The molecule has 0 spiro atoms. The summed E-state index contributed by atoms with van der Waals surface area (Å²) in [4.78, 5) is 24.0. The molecule has 0 unspecified atom stereocenters. The number of methoxy groups -OCH3 is 2. The molecule has 8 nitrogen and oxygen atoms in total. The fraction of sp³-hybridized carbons (Fsp3) is 0.222. The van der Waals surface area contributed by atoms with Crippen molar-refractivity contribution < 1.29 is 27.5 Å². The molecule has 0 bridgehead atoms. The second kappa shape index (κ2) is 8.94. The minimum absolute atomic E-state index is 0.0506. The summed E-state index contributed by atoms with van der Waals surface area (Å²) in [5.41, 5.74) is 0.737. The number of ether oxygens (including phenoxy) is 2. The maximum atomic E-state index is 12.3. The monoisotopic (exact) mass is 426 g/mol. The van der Waals surface area contributed by atoms with E-state index in [1.165, 1.54) is 32.4 Å². The number of anilines is 2. The van der Waals surface area contributed by atoms with Gasteiger partial charge in [-0.25, -0.2) is 13.2 Å². The molecule has 0 fully saturated rings. The van der Waals surface area contributed by atoms with Crippen LogP contribution in [0.4, 0.5) is 11.4 Å². The fourth-order valence-corrected chi connectivity index (χ4v) is 3.59. The van der Waals surface area contributed by atoms with E-state index in [2.05, 4.69) is 15.4 Å². The molecule has 150 valence electrons. The first kappa shape index (κ1) is 21.5. The molecule has 0 atom stereocenters. The number of amides is 1. The number of hydrogen-bond acceptors (Lipinski definition) is 7. The smallest absolute Gasteiger partial charge is 0.339 e. The Balaban J connectivity index is 2.21. The summed E-state index contributed by atoms with van der Waals surface area (Å²) in [5, 5.41) is 5.56. The highest BCUT2D eigenvalue weighted by atomic mass is 35.5. The van der Waals surface area contributed by atoms with Crippen LogP contribution in [-0.2, 0) is 19.4 Å². The standard InChI is InChI=1S/C18H19ClN2O6S/c1-26-17-14(8-11(19)9-15(17)28(3,24)25)20-10-16(22)21-13-7-5-4-6-12(13)18(23)27-2/h4-9,20H,10H2,1-3H3,(H,21,22). The second-order valence-electron chi connectivity index (χ2n) is 5.70. The average Bonchev–Trinajstić information content (AvgIpc) is 2.65. The first-order valence-electron chi connectivity index (χ1n) is 7.96. The molecule has 0 aliphatic heterocycles. The molecular formula is C18H19ClN2O6S. The largest absolute Gasteiger partial charge is 0.493 e. The van der Waals surface area contributed by atoms with Crippen molar-refractivity contribution in [2.75, 3.05) is 37.7 Å². The summed E-state index contributed by atoms with van der Waals surface area (Å²) in [5.74, 6) is -1.01. The van der Waals surface area contributed by atoms with Crippen molar-refractivity contribution in [3.63, 3.8) is 0 Å². The van der Waals surface area contributed by atoms with Gasteiger partial charge in [-0.15, -0.1) is 0 Å². The van der Waals surface area contributed by atoms with Gasteiger partial charge in [0.2, 0.25) is 5.91 Å². The van der Waals surface area contributed by atoms with Crippen molar-refractivity contribution in [3.8, 4) is 5.75 Å². The number of para-hydroxylation sites is 1. The number of sulfone groups is 1. The predicted molar refractivity (Wildman–Crippen MR) is 106 cm³/mol. The topological polar surface area (TPSA) is 111 Å². The van der Waals surface area contributed by atoms with E-state index in [1.807, 2.05) is 0 Å². The van der Waals surface area contributed by atoms with E-state index in [0.29, 0.717) is 0 Å². The van der Waals surface area contributed by atoms with Crippen molar-refractivity contribution in [1.82, 2.24) is 0 Å². The Morgan fingerprint density at radius 1 is 1.11 bits per heavy atom. The Labute approximate surface area is 167 Å². The van der Waals surface area contributed by atoms with Gasteiger partial charge < -0.3 is 20.1 Å². The zero-order chi connectivity index (χ0) is 20.9. The Hall–Kier alpha value is -2.78. The molecule has 28 heavy (non-hydrogen) atoms. The van der Waals surface area contributed by atoms with Crippen LogP contribution in [0.2, 0.25) is 5.02 Å². The van der Waals surface area contributed by atoms with Gasteiger partial charge in [0.1, 0.15) is 4.90 Å². The number of benzene rings is 2. The molecule has 0 aliphatic carbocycles. The summed E-state index contributed by atoms with van der Waals surface area (Å²) in [7, 11) is -1.04. The van der Waals surface area contributed by atoms with Crippen molar-refractivity contribution in [2.45, 2.75) is 4.90 Å². The molecule has 0 saturated carbocycles. The van der Waals surface area contributed by atoms with Gasteiger partial charge in [-0.2, -0.15) is 0 Å². The molecule has 2 N–H and O–H groups in total. The lowest BCUT2D eigenvalue weighted by molar-refractivity contribution is -0.114. The third-order valence-corrected chi connectivity index (χ3v) is 4.99. The quantitative estimate of drug-likeness (QED) is 0.654. The highest BCUT2D eigenvalue weighted by Gasteiger charge is 2.20. The summed E-state index contributed by atoms with van der Waals surface area (Å²) >= 11 is 5.99. The van der Waals surface area contributed by atoms with Gasteiger partial charge in [-0.05, 0) is 24.3 Å². The Kier molecular flexibility index (Phi) is 6.87. The van der Waals surface area contributed by atoms with E-state index in [4.69, 9.17) is 16.3 Å². The minimum Gasteiger partial charge on any atom is -0.493 e. The summed E-state index contributed by atoms with van der Waals surface area (Å²) in [6.45, 7) is -0.227. The van der Waals surface area contributed by atoms with Crippen LogP contribution in [0, 0.1) is 0 Å². The SMILES string of the molecule is COC(=O)c1ccccc1NC(=O)CNc1cc(Cl)cc(S(C)(=O)=O)c1OC. The van der Waals surface area contributed by atoms with Gasteiger partial charge in [0.15, 0.2) is 15.6 Å². The van der Waals surface area contributed by atoms with Crippen LogP contribution >= 0.6 is 11.6 Å². The molecule has 2 aromatic carbocycles. The van der Waals surface area contributed by atoms with Gasteiger partial charge in [-0.1, -0.05) is 23.7 Å². The van der Waals surface area contributed by atoms with Crippen molar-refractivity contribution in [2.24, 2.45) is 0 Å². The van der Waals surface area contributed by atoms with Crippen LogP contribution in [0.3, 0.4) is 0 Å². The number of esters is 1. The van der Waals surface area contributed by atoms with E-state index in [1.54, 1.807) is 18.2 Å². The maximum Gasteiger partial charge on any atom is 0.339 e. The minimum atomic E-state index is -3.60. The van der Waals surface area contributed by atoms with Crippen LogP contribution < -0.4 is 15.4 Å². The number of hydrogen-bond donors (Lipinski definition) is 2. The predicted octanol–water partition coefficient (Wildman–Crippen LogP) is 2.59. The highest BCUT2D eigenvalue weighted by molar-refractivity contribution is 7.90. The molecule has 2 rings (SSSR count). The summed E-state index contributed by atoms with van der Waals surface area (Å²) in [6, 6.07) is 9.11. The lowest BCUT2D eigenvalue weighted by atomic mass is 10.2. The molecule has 0 aliphatic rings. The Bertz CT molecular complexity index is 1010. The number of carbonyl (C=O) groups is 2. The summed E-state index contributed by atoms with van der Waals surface area (Å²) < 4.78 is 33.7. The lowest BCUT2D eigenvalue weighted by Crippen LogP contribution is -2.23. The number of carbonyl (C=O) groups excluding carboxylic acids is 2. The van der Waals surface area contributed by atoms with Crippen molar-refractivity contribution in [1.29, 1.82) is 0 Å². The van der Waals surface area contributed by atoms with Crippen LogP contribution in [0.1, 0.15) is 10.4 Å². The second-order valence-corrected chi connectivity index (χ2v) is 8.12. The van der Waals surface area contributed by atoms with Crippen molar-refractivity contribution in [3.05, 3.63) is 47.0 Å². The molecule has 0 radical (unpaired) electrons. The molecule has 10 heteroatoms. The van der Waals surface area contributed by atoms with E-state index in [9.17, 15) is 18.0 Å². The highest BCUT2D eigenvalue weighted by Crippen LogP contribution is 2.35. The molecule has 0 saturated heterocycles. The normalized spacial score (nSPS) is 10.9. The maximum absolute atomic E-state index is 12.3. The molecule has 2 aromatic rings. The zero-order valence-electron chi connectivity index (χ0n) is 15.4. The van der Waals surface area contributed by atoms with Gasteiger partial charge >= 0.3 is 5.97 Å². The lowest BCUT2D eigenvalue weighted by Gasteiger charge is -2.15. The number of rotatable bonds is 7. The van der Waals surface area contributed by atoms with Crippen LogP contribution in [-0.4, -0.2) is 47.3 Å². The number of nitrogens with one attached hydrogen (secondary N) is 2. The van der Waals surface area contributed by atoms with Crippen molar-refractivity contribution >= 4 is 44.7 Å². The molecular weight excluding hydrogens is 408 g/mol. The molecule has 0 aromatic heterocycles. The first-order chi connectivity index (χ1) is 13.2. The van der Waals surface area contributed by atoms with Gasteiger partial charge in [0.25, 0.3) is 0 Å². The molecule has 0 heterocycles. The van der Waals surface area contributed by atoms with E-state index < -0.39 is 21.7 Å².